The maximum absolute atomic E-state index is 13.1. The summed E-state index contributed by atoms with van der Waals surface area (Å²) >= 11 is 5.65. The predicted octanol–water partition coefficient (Wildman–Crippen LogP) is 2.26. The van der Waals surface area contributed by atoms with Crippen LogP contribution in [0.3, 0.4) is 0 Å². The first-order valence-corrected chi connectivity index (χ1v) is 6.84. The molecule has 0 radical (unpaired) electrons. The Balaban J connectivity index is 1.94. The van der Waals surface area contributed by atoms with Crippen molar-refractivity contribution >= 4 is 34.2 Å². The monoisotopic (exact) mass is 333 g/mol. The zero-order valence-electron chi connectivity index (χ0n) is 11.4. The highest BCUT2D eigenvalue weighted by atomic mass is 35.5. The second-order valence-electron chi connectivity index (χ2n) is 4.75. The van der Waals surface area contributed by atoms with Crippen molar-refractivity contribution < 1.29 is 9.18 Å². The number of H-pyrrole nitrogens is 2. The number of anilines is 1. The molecule has 0 spiro atoms. The molecule has 0 bridgehead atoms. The summed E-state index contributed by atoms with van der Waals surface area (Å²) < 4.78 is 13.1. The summed E-state index contributed by atoms with van der Waals surface area (Å²) in [4.78, 5) is 39.5. The van der Waals surface area contributed by atoms with E-state index in [0.717, 1.165) is 6.07 Å². The molecule has 2 aromatic carbocycles. The van der Waals surface area contributed by atoms with Gasteiger partial charge in [-0.25, -0.2) is 4.39 Å². The van der Waals surface area contributed by atoms with Crippen molar-refractivity contribution in [1.82, 2.24) is 9.97 Å². The number of carbonyl (C=O) groups excluding carboxylic acids is 1. The van der Waals surface area contributed by atoms with E-state index < -0.39 is 22.8 Å². The molecule has 3 N–H and O–H groups in total. The van der Waals surface area contributed by atoms with Gasteiger partial charge in [0.2, 0.25) is 0 Å². The van der Waals surface area contributed by atoms with E-state index in [9.17, 15) is 18.8 Å². The van der Waals surface area contributed by atoms with Crippen LogP contribution < -0.4 is 16.4 Å². The van der Waals surface area contributed by atoms with Gasteiger partial charge in [-0.05, 0) is 36.4 Å². The van der Waals surface area contributed by atoms with Crippen molar-refractivity contribution in [3.05, 3.63) is 73.5 Å². The van der Waals surface area contributed by atoms with Gasteiger partial charge < -0.3 is 15.3 Å². The van der Waals surface area contributed by atoms with Gasteiger partial charge in [0.1, 0.15) is 5.82 Å². The minimum Gasteiger partial charge on any atom is -0.322 e. The van der Waals surface area contributed by atoms with Gasteiger partial charge in [-0.15, -0.1) is 0 Å². The molecule has 0 atom stereocenters. The Morgan fingerprint density at radius 2 is 1.70 bits per heavy atom. The van der Waals surface area contributed by atoms with Gasteiger partial charge in [-0.2, -0.15) is 0 Å². The smallest absolute Gasteiger partial charge is 0.314 e. The highest BCUT2D eigenvalue weighted by molar-refractivity contribution is 6.31. The molecule has 0 saturated heterocycles. The van der Waals surface area contributed by atoms with Crippen LogP contribution in [0.15, 0.2) is 46.0 Å². The molecule has 1 heterocycles. The van der Waals surface area contributed by atoms with Crippen molar-refractivity contribution in [2.24, 2.45) is 0 Å². The standard InChI is InChI=1S/C15H9ClFN3O3/c16-9-6-8(2-3-10(9)17)18-13(21)7-1-4-11-12(5-7)20-15(23)14(22)19-11/h1-6H,(H,18,21)(H,19,22)(H,20,23). The number of fused-ring (bicyclic) bond motifs is 1. The molecule has 0 saturated carbocycles. The fourth-order valence-electron chi connectivity index (χ4n) is 2.03. The number of aromatic amines is 2. The number of aromatic nitrogens is 2. The molecular formula is C15H9ClFN3O3. The summed E-state index contributed by atoms with van der Waals surface area (Å²) in [5, 5.41) is 2.45. The molecule has 0 unspecified atom stereocenters. The molecule has 1 aromatic heterocycles. The van der Waals surface area contributed by atoms with E-state index in [1.54, 1.807) is 0 Å². The van der Waals surface area contributed by atoms with Crippen molar-refractivity contribution in [3.8, 4) is 0 Å². The highest BCUT2D eigenvalue weighted by Crippen LogP contribution is 2.20. The third kappa shape index (κ3) is 3.00. The molecule has 23 heavy (non-hydrogen) atoms. The van der Waals surface area contributed by atoms with Crippen LogP contribution in [0, 0.1) is 5.82 Å². The average molecular weight is 334 g/mol. The van der Waals surface area contributed by atoms with Crippen LogP contribution >= 0.6 is 11.6 Å². The van der Waals surface area contributed by atoms with Gasteiger partial charge in [0.05, 0.1) is 16.1 Å². The normalized spacial score (nSPS) is 10.7. The maximum Gasteiger partial charge on any atom is 0.314 e. The van der Waals surface area contributed by atoms with E-state index in [1.165, 1.54) is 30.3 Å². The zero-order chi connectivity index (χ0) is 16.6. The van der Waals surface area contributed by atoms with E-state index in [-0.39, 0.29) is 10.6 Å². The van der Waals surface area contributed by atoms with Crippen LogP contribution in [0.4, 0.5) is 10.1 Å². The highest BCUT2D eigenvalue weighted by Gasteiger charge is 2.09. The number of nitrogens with one attached hydrogen (secondary N) is 3. The molecule has 0 aliphatic rings. The fourth-order valence-corrected chi connectivity index (χ4v) is 2.21. The topological polar surface area (TPSA) is 94.8 Å². The molecule has 116 valence electrons. The summed E-state index contributed by atoms with van der Waals surface area (Å²) in [6.07, 6.45) is 0. The molecule has 3 aromatic rings. The first-order chi connectivity index (χ1) is 10.9. The molecule has 8 heteroatoms. The van der Waals surface area contributed by atoms with Gasteiger partial charge >= 0.3 is 11.1 Å². The SMILES string of the molecule is O=C(Nc1ccc(F)c(Cl)c1)c1ccc2[nH]c(=O)c(=O)[nH]c2c1. The van der Waals surface area contributed by atoms with Crippen molar-refractivity contribution in [2.75, 3.05) is 5.32 Å². The number of halogens is 2. The predicted molar refractivity (Wildman–Crippen MR) is 84.6 cm³/mol. The molecule has 1 amide bonds. The van der Waals surface area contributed by atoms with Crippen LogP contribution in [0.25, 0.3) is 11.0 Å². The second kappa shape index (κ2) is 5.69. The van der Waals surface area contributed by atoms with Gasteiger partial charge in [0, 0.05) is 11.3 Å². The lowest BCUT2D eigenvalue weighted by Gasteiger charge is -2.07. The van der Waals surface area contributed by atoms with Gasteiger partial charge in [0.25, 0.3) is 5.91 Å². The Hall–Kier alpha value is -2.93. The quantitative estimate of drug-likeness (QED) is 0.628. The molecule has 6 nitrogen and oxygen atoms in total. The maximum atomic E-state index is 13.1. The van der Waals surface area contributed by atoms with E-state index in [2.05, 4.69) is 15.3 Å². The molecule has 0 aliphatic carbocycles. The molecular weight excluding hydrogens is 325 g/mol. The Kier molecular flexibility index (Phi) is 3.71. The Bertz CT molecular complexity index is 1040. The first kappa shape index (κ1) is 15.0. The molecule has 0 fully saturated rings. The number of carbonyl (C=O) groups is 1. The fraction of sp³-hybridized carbons (Fsp3) is 0. The summed E-state index contributed by atoms with van der Waals surface area (Å²) in [5.41, 5.74) is -0.275. The summed E-state index contributed by atoms with van der Waals surface area (Å²) in [6.45, 7) is 0. The number of rotatable bonds is 2. The zero-order valence-corrected chi connectivity index (χ0v) is 12.2. The van der Waals surface area contributed by atoms with E-state index in [0.29, 0.717) is 16.7 Å². The van der Waals surface area contributed by atoms with Gasteiger partial charge in [-0.3, -0.25) is 14.4 Å². The second-order valence-corrected chi connectivity index (χ2v) is 5.16. The largest absolute Gasteiger partial charge is 0.322 e. The number of amides is 1. The van der Waals surface area contributed by atoms with E-state index in [4.69, 9.17) is 11.6 Å². The molecule has 3 rings (SSSR count). The third-order valence-electron chi connectivity index (χ3n) is 3.16. The van der Waals surface area contributed by atoms with Gasteiger partial charge in [-0.1, -0.05) is 11.6 Å². The lowest BCUT2D eigenvalue weighted by Crippen LogP contribution is -2.29. The third-order valence-corrected chi connectivity index (χ3v) is 3.45. The average Bonchev–Trinajstić information content (AvgIpc) is 2.51. The van der Waals surface area contributed by atoms with Crippen molar-refractivity contribution in [3.63, 3.8) is 0 Å². The number of hydrogen-bond donors (Lipinski definition) is 3. The van der Waals surface area contributed by atoms with Crippen LogP contribution in [0.1, 0.15) is 10.4 Å². The van der Waals surface area contributed by atoms with Gasteiger partial charge in [0.15, 0.2) is 0 Å². The van der Waals surface area contributed by atoms with Crippen molar-refractivity contribution in [1.29, 1.82) is 0 Å². The van der Waals surface area contributed by atoms with Crippen LogP contribution in [-0.4, -0.2) is 15.9 Å². The van der Waals surface area contributed by atoms with Crippen LogP contribution in [0.5, 0.6) is 0 Å². The lowest BCUT2D eigenvalue weighted by atomic mass is 10.1. The number of hydrogen-bond acceptors (Lipinski definition) is 3. The number of benzene rings is 2. The Labute approximate surface area is 132 Å². The first-order valence-electron chi connectivity index (χ1n) is 6.47. The Morgan fingerprint density at radius 3 is 2.39 bits per heavy atom. The van der Waals surface area contributed by atoms with E-state index >= 15 is 0 Å². The molecule has 0 aliphatic heterocycles. The van der Waals surface area contributed by atoms with Crippen LogP contribution in [0.2, 0.25) is 5.02 Å². The van der Waals surface area contributed by atoms with Crippen LogP contribution in [-0.2, 0) is 0 Å². The summed E-state index contributed by atoms with van der Waals surface area (Å²) in [7, 11) is 0. The lowest BCUT2D eigenvalue weighted by molar-refractivity contribution is 0.102. The summed E-state index contributed by atoms with van der Waals surface area (Å²) in [6, 6.07) is 8.21. The minimum atomic E-state index is -0.805. The van der Waals surface area contributed by atoms with E-state index in [1.807, 2.05) is 0 Å². The Morgan fingerprint density at radius 1 is 1.00 bits per heavy atom. The summed E-state index contributed by atoms with van der Waals surface area (Å²) in [5.74, 6) is -1.06. The minimum absolute atomic E-state index is 0.108. The van der Waals surface area contributed by atoms with Crippen molar-refractivity contribution in [2.45, 2.75) is 0 Å².